The van der Waals surface area contributed by atoms with Crippen LogP contribution in [0.5, 0.6) is 0 Å². The molecule has 0 fully saturated rings. The van der Waals surface area contributed by atoms with Crippen molar-refractivity contribution in [2.24, 2.45) is 0 Å². The summed E-state index contributed by atoms with van der Waals surface area (Å²) < 4.78 is 1.87. The Bertz CT molecular complexity index is 638. The van der Waals surface area contributed by atoms with Gasteiger partial charge in [-0.25, -0.2) is 15.0 Å². The zero-order valence-electron chi connectivity index (χ0n) is 10.2. The van der Waals surface area contributed by atoms with Crippen LogP contribution < -0.4 is 0 Å². The SMILES string of the molecule is c1ccc(CSc2nccc(-n3ccnc3)n2)cc1. The molecule has 0 unspecified atom stereocenters. The molecule has 0 N–H and O–H groups in total. The van der Waals surface area contributed by atoms with Gasteiger partial charge in [0.15, 0.2) is 5.16 Å². The molecule has 0 radical (unpaired) electrons. The van der Waals surface area contributed by atoms with E-state index in [2.05, 4.69) is 27.1 Å². The smallest absolute Gasteiger partial charge is 0.189 e. The normalized spacial score (nSPS) is 10.5. The molecule has 19 heavy (non-hydrogen) atoms. The minimum Gasteiger partial charge on any atom is -0.290 e. The van der Waals surface area contributed by atoms with Gasteiger partial charge in [0.05, 0.1) is 0 Å². The van der Waals surface area contributed by atoms with Gasteiger partial charge in [0, 0.05) is 24.3 Å². The Kier molecular flexibility index (Phi) is 3.56. The molecule has 0 spiro atoms. The summed E-state index contributed by atoms with van der Waals surface area (Å²) in [4.78, 5) is 12.8. The van der Waals surface area contributed by atoms with Crippen LogP contribution in [-0.2, 0) is 5.75 Å². The van der Waals surface area contributed by atoms with Crippen molar-refractivity contribution in [1.82, 2.24) is 19.5 Å². The lowest BCUT2D eigenvalue weighted by Crippen LogP contribution is -1.97. The third-order valence-corrected chi connectivity index (χ3v) is 3.53. The van der Waals surface area contributed by atoms with Gasteiger partial charge >= 0.3 is 0 Å². The van der Waals surface area contributed by atoms with Crippen LogP contribution in [0.4, 0.5) is 0 Å². The van der Waals surface area contributed by atoms with Crippen LogP contribution in [0.3, 0.4) is 0 Å². The second-order valence-corrected chi connectivity index (χ2v) is 4.88. The fourth-order valence-electron chi connectivity index (χ4n) is 1.66. The zero-order valence-corrected chi connectivity index (χ0v) is 11.0. The van der Waals surface area contributed by atoms with E-state index < -0.39 is 0 Å². The molecule has 3 aromatic rings. The molecular weight excluding hydrogens is 256 g/mol. The third-order valence-electron chi connectivity index (χ3n) is 2.60. The molecule has 0 bridgehead atoms. The number of imidazole rings is 1. The van der Waals surface area contributed by atoms with Crippen molar-refractivity contribution in [3.05, 3.63) is 66.9 Å². The lowest BCUT2D eigenvalue weighted by atomic mass is 10.2. The summed E-state index contributed by atoms with van der Waals surface area (Å²) in [6, 6.07) is 12.2. The number of thioether (sulfide) groups is 1. The Hall–Kier alpha value is -2.14. The van der Waals surface area contributed by atoms with Gasteiger partial charge in [-0.1, -0.05) is 42.1 Å². The lowest BCUT2D eigenvalue weighted by molar-refractivity contribution is 0.888. The van der Waals surface area contributed by atoms with E-state index in [0.29, 0.717) is 0 Å². The van der Waals surface area contributed by atoms with E-state index in [1.807, 2.05) is 35.0 Å². The molecule has 0 amide bonds. The molecule has 0 saturated carbocycles. The summed E-state index contributed by atoms with van der Waals surface area (Å²) in [5, 5.41) is 0.773. The van der Waals surface area contributed by atoms with Gasteiger partial charge < -0.3 is 0 Å². The second kappa shape index (κ2) is 5.67. The fraction of sp³-hybridized carbons (Fsp3) is 0.0714. The summed E-state index contributed by atoms with van der Waals surface area (Å²) in [5.41, 5.74) is 1.27. The molecular formula is C14H12N4S. The van der Waals surface area contributed by atoms with Crippen LogP contribution in [0.1, 0.15) is 5.56 Å². The Labute approximate surface area is 115 Å². The summed E-state index contributed by atoms with van der Waals surface area (Å²) in [6.07, 6.45) is 7.11. The van der Waals surface area contributed by atoms with Crippen molar-refractivity contribution in [2.45, 2.75) is 10.9 Å². The molecule has 2 heterocycles. The summed E-state index contributed by atoms with van der Waals surface area (Å²) in [7, 11) is 0. The lowest BCUT2D eigenvalue weighted by Gasteiger charge is -2.04. The molecule has 0 aliphatic rings. The monoisotopic (exact) mass is 268 g/mol. The molecule has 0 aliphatic heterocycles. The van der Waals surface area contributed by atoms with Crippen molar-refractivity contribution in [3.8, 4) is 5.82 Å². The average molecular weight is 268 g/mol. The Morgan fingerprint density at radius 2 is 1.95 bits per heavy atom. The van der Waals surface area contributed by atoms with Crippen LogP contribution >= 0.6 is 11.8 Å². The fourth-order valence-corrected chi connectivity index (χ4v) is 2.44. The second-order valence-electron chi connectivity index (χ2n) is 3.94. The van der Waals surface area contributed by atoms with E-state index in [0.717, 1.165) is 16.7 Å². The van der Waals surface area contributed by atoms with E-state index in [9.17, 15) is 0 Å². The molecule has 3 rings (SSSR count). The zero-order chi connectivity index (χ0) is 12.9. The number of aromatic nitrogens is 4. The molecule has 4 nitrogen and oxygen atoms in total. The van der Waals surface area contributed by atoms with Gasteiger partial charge in [-0.05, 0) is 11.6 Å². The molecule has 1 aromatic carbocycles. The first-order chi connectivity index (χ1) is 9.42. The first-order valence-electron chi connectivity index (χ1n) is 5.90. The highest BCUT2D eigenvalue weighted by Crippen LogP contribution is 2.19. The largest absolute Gasteiger partial charge is 0.290 e. The molecule has 0 saturated heterocycles. The number of benzene rings is 1. The van der Waals surface area contributed by atoms with Crippen molar-refractivity contribution < 1.29 is 0 Å². The maximum atomic E-state index is 4.51. The standard InChI is InChI=1S/C14H12N4S/c1-2-4-12(5-3-1)10-19-14-16-7-6-13(17-14)18-9-8-15-11-18/h1-9,11H,10H2. The van der Waals surface area contributed by atoms with Crippen LogP contribution in [0.2, 0.25) is 0 Å². The van der Waals surface area contributed by atoms with Gasteiger partial charge in [-0.15, -0.1) is 0 Å². The predicted molar refractivity (Wildman–Crippen MR) is 75.2 cm³/mol. The van der Waals surface area contributed by atoms with Gasteiger partial charge in [0.25, 0.3) is 0 Å². The third kappa shape index (κ3) is 3.00. The highest BCUT2D eigenvalue weighted by Gasteiger charge is 2.02. The van der Waals surface area contributed by atoms with Crippen molar-refractivity contribution >= 4 is 11.8 Å². The van der Waals surface area contributed by atoms with Crippen LogP contribution in [-0.4, -0.2) is 19.5 Å². The first-order valence-corrected chi connectivity index (χ1v) is 6.88. The van der Waals surface area contributed by atoms with Gasteiger partial charge in [0.1, 0.15) is 12.1 Å². The average Bonchev–Trinajstić information content (AvgIpc) is 3.01. The maximum Gasteiger partial charge on any atom is 0.189 e. The van der Waals surface area contributed by atoms with E-state index in [4.69, 9.17) is 0 Å². The first kappa shape index (κ1) is 11.9. The molecule has 2 aromatic heterocycles. The van der Waals surface area contributed by atoms with Gasteiger partial charge in [-0.2, -0.15) is 0 Å². The quantitative estimate of drug-likeness (QED) is 0.539. The van der Waals surface area contributed by atoms with Crippen molar-refractivity contribution in [3.63, 3.8) is 0 Å². The predicted octanol–water partition coefficient (Wildman–Crippen LogP) is 2.95. The maximum absolute atomic E-state index is 4.51. The topological polar surface area (TPSA) is 43.6 Å². The highest BCUT2D eigenvalue weighted by molar-refractivity contribution is 7.98. The minimum absolute atomic E-state index is 0.773. The van der Waals surface area contributed by atoms with Crippen LogP contribution in [0.15, 0.2) is 66.5 Å². The van der Waals surface area contributed by atoms with Crippen LogP contribution in [0, 0.1) is 0 Å². The van der Waals surface area contributed by atoms with Crippen molar-refractivity contribution in [2.75, 3.05) is 0 Å². The number of rotatable bonds is 4. The summed E-state index contributed by atoms with van der Waals surface area (Å²) >= 11 is 1.63. The minimum atomic E-state index is 0.773. The summed E-state index contributed by atoms with van der Waals surface area (Å²) in [6.45, 7) is 0. The Balaban J connectivity index is 1.74. The van der Waals surface area contributed by atoms with Gasteiger partial charge in [-0.3, -0.25) is 4.57 Å². The number of nitrogens with zero attached hydrogens (tertiary/aromatic N) is 4. The molecule has 94 valence electrons. The van der Waals surface area contributed by atoms with E-state index in [1.54, 1.807) is 30.5 Å². The molecule has 0 aliphatic carbocycles. The Morgan fingerprint density at radius 1 is 1.05 bits per heavy atom. The van der Waals surface area contributed by atoms with E-state index in [-0.39, 0.29) is 0 Å². The van der Waals surface area contributed by atoms with Gasteiger partial charge in [0.2, 0.25) is 0 Å². The van der Waals surface area contributed by atoms with Crippen molar-refractivity contribution in [1.29, 1.82) is 0 Å². The number of hydrogen-bond donors (Lipinski definition) is 0. The highest BCUT2D eigenvalue weighted by atomic mass is 32.2. The number of hydrogen-bond acceptors (Lipinski definition) is 4. The Morgan fingerprint density at radius 3 is 2.74 bits per heavy atom. The summed E-state index contributed by atoms with van der Waals surface area (Å²) in [5.74, 6) is 1.71. The van der Waals surface area contributed by atoms with E-state index >= 15 is 0 Å². The molecule has 0 atom stereocenters. The van der Waals surface area contributed by atoms with E-state index in [1.165, 1.54) is 5.56 Å². The molecule has 5 heteroatoms. The van der Waals surface area contributed by atoms with Crippen LogP contribution in [0.25, 0.3) is 5.82 Å².